The van der Waals surface area contributed by atoms with Crippen LogP contribution in [0, 0.1) is 17.1 Å². The first-order chi connectivity index (χ1) is 13.4. The van der Waals surface area contributed by atoms with Crippen molar-refractivity contribution in [2.75, 3.05) is 12.3 Å². The Bertz CT molecular complexity index is 837. The monoisotopic (exact) mass is 384 g/mol. The van der Waals surface area contributed by atoms with Gasteiger partial charge in [0.15, 0.2) is 5.78 Å². The fraction of sp³-hybridized carbons (Fsp3) is 0.286. The molecule has 0 aliphatic heterocycles. The second-order valence-corrected chi connectivity index (χ2v) is 6.52. The minimum atomic E-state index is -0.500. The van der Waals surface area contributed by atoms with Crippen LogP contribution in [0.2, 0.25) is 0 Å². The molecule has 28 heavy (non-hydrogen) atoms. The number of rotatable bonds is 9. The lowest BCUT2D eigenvalue weighted by atomic mass is 9.90. The van der Waals surface area contributed by atoms with E-state index in [-0.39, 0.29) is 24.5 Å². The lowest BCUT2D eigenvalue weighted by Crippen LogP contribution is -2.41. The minimum Gasteiger partial charge on any atom is -0.399 e. The van der Waals surface area contributed by atoms with Crippen LogP contribution < -0.4 is 16.4 Å². The normalized spacial score (nSPS) is 11.5. The molecule has 2 amide bonds. The van der Waals surface area contributed by atoms with Crippen LogP contribution in [-0.2, 0) is 17.8 Å². The average Bonchev–Trinajstić information content (AvgIpc) is 2.70. The smallest absolute Gasteiger partial charge is 0.315 e. The second kappa shape index (κ2) is 10.2. The van der Waals surface area contributed by atoms with Crippen molar-refractivity contribution in [1.29, 1.82) is 5.41 Å². The van der Waals surface area contributed by atoms with E-state index in [1.54, 1.807) is 42.5 Å². The Labute approximate surface area is 163 Å². The first kappa shape index (κ1) is 21.1. The van der Waals surface area contributed by atoms with Gasteiger partial charge in [-0.2, -0.15) is 0 Å². The Morgan fingerprint density at radius 2 is 1.79 bits per heavy atom. The van der Waals surface area contributed by atoms with Crippen molar-refractivity contribution < 1.29 is 14.0 Å². The fourth-order valence-corrected chi connectivity index (χ4v) is 2.74. The molecular formula is C21H25FN4O2. The average molecular weight is 384 g/mol. The summed E-state index contributed by atoms with van der Waals surface area (Å²) in [5, 5.41) is 13.2. The molecule has 1 atom stereocenters. The largest absolute Gasteiger partial charge is 0.399 e. The highest BCUT2D eigenvalue weighted by Crippen LogP contribution is 2.16. The number of Topliss-reactive ketones (excluding diaryl/α,β-unsaturated/α-hetero) is 1. The molecule has 7 heteroatoms. The first-order valence-corrected chi connectivity index (χ1v) is 9.11. The Morgan fingerprint density at radius 1 is 1.11 bits per heavy atom. The van der Waals surface area contributed by atoms with Gasteiger partial charge < -0.3 is 21.8 Å². The summed E-state index contributed by atoms with van der Waals surface area (Å²) in [4.78, 5) is 24.1. The molecule has 6 nitrogen and oxygen atoms in total. The van der Waals surface area contributed by atoms with E-state index in [4.69, 9.17) is 11.1 Å². The van der Waals surface area contributed by atoms with Gasteiger partial charge in [0, 0.05) is 18.2 Å². The third-order valence-electron chi connectivity index (χ3n) is 4.47. The number of benzene rings is 2. The topological polar surface area (TPSA) is 108 Å². The number of hydrogen-bond donors (Lipinski definition) is 4. The van der Waals surface area contributed by atoms with E-state index in [2.05, 4.69) is 10.6 Å². The van der Waals surface area contributed by atoms with Gasteiger partial charge in [-0.1, -0.05) is 37.3 Å². The Balaban J connectivity index is 1.81. The predicted octanol–water partition coefficient (Wildman–Crippen LogP) is 3.06. The van der Waals surface area contributed by atoms with Gasteiger partial charge in [0.1, 0.15) is 5.82 Å². The Morgan fingerprint density at radius 3 is 2.43 bits per heavy atom. The number of amides is 2. The predicted molar refractivity (Wildman–Crippen MR) is 108 cm³/mol. The summed E-state index contributed by atoms with van der Waals surface area (Å²) in [5.74, 6) is -1.23. The quantitative estimate of drug-likeness (QED) is 0.394. The number of nitrogens with two attached hydrogens (primary N) is 1. The SMILES string of the molecule is CCC(Cc1ccccc1F)C(=N)C(=O)CNC(=O)NCc1ccc(N)cc1. The van der Waals surface area contributed by atoms with Crippen LogP contribution in [0.25, 0.3) is 0 Å². The number of carbonyl (C=O) groups excluding carboxylic acids is 2. The number of urea groups is 1. The second-order valence-electron chi connectivity index (χ2n) is 6.52. The zero-order valence-electron chi connectivity index (χ0n) is 15.8. The number of carbonyl (C=O) groups is 2. The Kier molecular flexibility index (Phi) is 7.68. The number of hydrogen-bond acceptors (Lipinski definition) is 4. The number of nitrogen functional groups attached to an aromatic ring is 1. The zero-order chi connectivity index (χ0) is 20.5. The fourth-order valence-electron chi connectivity index (χ4n) is 2.74. The summed E-state index contributed by atoms with van der Waals surface area (Å²) in [6.07, 6.45) is 0.805. The summed E-state index contributed by atoms with van der Waals surface area (Å²) < 4.78 is 13.8. The van der Waals surface area contributed by atoms with E-state index >= 15 is 0 Å². The van der Waals surface area contributed by atoms with E-state index in [1.165, 1.54) is 6.07 Å². The number of ketones is 1. The molecule has 5 N–H and O–H groups in total. The highest BCUT2D eigenvalue weighted by molar-refractivity contribution is 6.40. The molecule has 2 rings (SSSR count). The first-order valence-electron chi connectivity index (χ1n) is 9.11. The molecule has 0 saturated heterocycles. The lowest BCUT2D eigenvalue weighted by Gasteiger charge is -2.16. The maximum atomic E-state index is 13.8. The van der Waals surface area contributed by atoms with Crippen LogP contribution >= 0.6 is 0 Å². The molecule has 2 aromatic rings. The maximum Gasteiger partial charge on any atom is 0.315 e. The van der Waals surface area contributed by atoms with Crippen LogP contribution in [0.15, 0.2) is 48.5 Å². The third-order valence-corrected chi connectivity index (χ3v) is 4.47. The summed E-state index contributed by atoms with van der Waals surface area (Å²) in [5.41, 5.74) is 7.48. The minimum absolute atomic E-state index is 0.107. The zero-order valence-corrected chi connectivity index (χ0v) is 15.8. The van der Waals surface area contributed by atoms with Gasteiger partial charge >= 0.3 is 6.03 Å². The maximum absolute atomic E-state index is 13.8. The summed E-state index contributed by atoms with van der Waals surface area (Å²) in [6, 6.07) is 12.9. The van der Waals surface area contributed by atoms with Gasteiger partial charge in [0.05, 0.1) is 12.3 Å². The van der Waals surface area contributed by atoms with Crippen molar-refractivity contribution in [3.63, 3.8) is 0 Å². The van der Waals surface area contributed by atoms with Crippen LogP contribution in [-0.4, -0.2) is 24.1 Å². The van der Waals surface area contributed by atoms with Gasteiger partial charge in [-0.05, 0) is 42.2 Å². The molecule has 0 fully saturated rings. The van der Waals surface area contributed by atoms with E-state index < -0.39 is 17.7 Å². The number of nitrogens with one attached hydrogen (secondary N) is 3. The van der Waals surface area contributed by atoms with Crippen molar-refractivity contribution in [2.24, 2.45) is 5.92 Å². The van der Waals surface area contributed by atoms with E-state index in [0.717, 1.165) is 5.56 Å². The standard InChI is InChI=1S/C21H25FN4O2/c1-2-15(11-16-5-3-4-6-18(16)22)20(24)19(27)13-26-21(28)25-12-14-7-9-17(23)10-8-14/h3-10,15,24H,2,11-13,23H2,1H3,(H2,25,26,28). The van der Waals surface area contributed by atoms with E-state index in [0.29, 0.717) is 24.2 Å². The number of halogens is 1. The van der Waals surface area contributed by atoms with Gasteiger partial charge in [-0.25, -0.2) is 9.18 Å². The molecule has 0 saturated carbocycles. The van der Waals surface area contributed by atoms with Crippen molar-refractivity contribution >= 4 is 23.2 Å². The molecule has 2 aromatic carbocycles. The molecule has 0 aliphatic carbocycles. The van der Waals surface area contributed by atoms with Gasteiger partial charge in [-0.3, -0.25) is 4.79 Å². The van der Waals surface area contributed by atoms with Crippen LogP contribution in [0.5, 0.6) is 0 Å². The molecule has 1 unspecified atom stereocenters. The lowest BCUT2D eigenvalue weighted by molar-refractivity contribution is -0.112. The summed E-state index contributed by atoms with van der Waals surface area (Å²) in [6.45, 7) is 1.86. The Hall–Kier alpha value is -3.22. The van der Waals surface area contributed by atoms with E-state index in [9.17, 15) is 14.0 Å². The van der Waals surface area contributed by atoms with Crippen LogP contribution in [0.3, 0.4) is 0 Å². The molecule has 0 bridgehead atoms. The van der Waals surface area contributed by atoms with Crippen molar-refractivity contribution in [1.82, 2.24) is 10.6 Å². The molecule has 0 radical (unpaired) electrons. The molecule has 0 aromatic heterocycles. The van der Waals surface area contributed by atoms with E-state index in [1.807, 2.05) is 6.92 Å². The third kappa shape index (κ3) is 6.19. The highest BCUT2D eigenvalue weighted by Gasteiger charge is 2.21. The van der Waals surface area contributed by atoms with Crippen LogP contribution in [0.1, 0.15) is 24.5 Å². The van der Waals surface area contributed by atoms with Crippen molar-refractivity contribution in [3.05, 3.63) is 65.5 Å². The van der Waals surface area contributed by atoms with Crippen molar-refractivity contribution in [2.45, 2.75) is 26.3 Å². The highest BCUT2D eigenvalue weighted by atomic mass is 19.1. The van der Waals surface area contributed by atoms with Crippen molar-refractivity contribution in [3.8, 4) is 0 Å². The van der Waals surface area contributed by atoms with Gasteiger partial charge in [0.2, 0.25) is 0 Å². The summed E-state index contributed by atoms with van der Waals surface area (Å²) >= 11 is 0. The molecule has 0 aliphatic rings. The molecule has 148 valence electrons. The van der Waals surface area contributed by atoms with Crippen LogP contribution in [0.4, 0.5) is 14.9 Å². The number of anilines is 1. The van der Waals surface area contributed by atoms with Gasteiger partial charge in [-0.15, -0.1) is 0 Å². The molecular weight excluding hydrogens is 359 g/mol. The molecule has 0 spiro atoms. The van der Waals surface area contributed by atoms with Gasteiger partial charge in [0.25, 0.3) is 0 Å². The molecule has 0 heterocycles. The summed E-state index contributed by atoms with van der Waals surface area (Å²) in [7, 11) is 0.